The van der Waals surface area contributed by atoms with Crippen LogP contribution in [0.2, 0.25) is 0 Å². The molecular weight excluding hydrogens is 188 g/mol. The largest absolute Gasteiger partial charge is 0.370 e. The molecule has 0 aromatic rings. The molecule has 0 amide bonds. The van der Waals surface area contributed by atoms with Crippen LogP contribution in [0.1, 0.15) is 26.2 Å². The Morgan fingerprint density at radius 2 is 2.13 bits per heavy atom. The van der Waals surface area contributed by atoms with Crippen LogP contribution in [0.4, 0.5) is 0 Å². The molecule has 0 saturated carbocycles. The fourth-order valence-corrected chi connectivity index (χ4v) is 2.68. The predicted octanol–water partition coefficient (Wildman–Crippen LogP) is 0.491. The molecule has 2 aliphatic heterocycles. The van der Waals surface area contributed by atoms with Gasteiger partial charge in [0.1, 0.15) is 0 Å². The van der Waals surface area contributed by atoms with Gasteiger partial charge in [-0.25, -0.2) is 0 Å². The van der Waals surface area contributed by atoms with E-state index in [1.165, 1.54) is 32.4 Å². The molecule has 1 unspecified atom stereocenters. The summed E-state index contributed by atoms with van der Waals surface area (Å²) in [5, 5.41) is 0. The summed E-state index contributed by atoms with van der Waals surface area (Å²) in [5.74, 6) is 0.742. The first-order valence-corrected chi connectivity index (χ1v) is 6.10. The molecule has 0 aromatic carbocycles. The van der Waals surface area contributed by atoms with Gasteiger partial charge in [0.2, 0.25) is 0 Å². The molecule has 2 saturated heterocycles. The summed E-state index contributed by atoms with van der Waals surface area (Å²) in [5.41, 5.74) is 5.97. The first-order valence-electron chi connectivity index (χ1n) is 6.10. The van der Waals surface area contributed by atoms with Crippen LogP contribution in [-0.2, 0) is 0 Å². The van der Waals surface area contributed by atoms with E-state index in [-0.39, 0.29) is 0 Å². The summed E-state index contributed by atoms with van der Waals surface area (Å²) in [4.78, 5) is 9.18. The van der Waals surface area contributed by atoms with Crippen LogP contribution < -0.4 is 5.73 Å². The highest BCUT2D eigenvalue weighted by molar-refractivity contribution is 5.78. The highest BCUT2D eigenvalue weighted by Gasteiger charge is 2.29. The van der Waals surface area contributed by atoms with Gasteiger partial charge in [-0.3, -0.25) is 9.89 Å². The first kappa shape index (κ1) is 10.7. The molecule has 0 aromatic heterocycles. The third kappa shape index (κ3) is 2.43. The average Bonchev–Trinajstić information content (AvgIpc) is 2.56. The maximum Gasteiger partial charge on any atom is 0.191 e. The number of nitrogens with two attached hydrogens (primary N) is 1. The molecule has 0 radical (unpaired) electrons. The molecule has 2 N–H and O–H groups in total. The Morgan fingerprint density at radius 1 is 1.33 bits per heavy atom. The standard InChI is InChI=1S/C11H22N4/c1-2-13-11(12)15-8-4-7-14-6-3-5-10(14)9-15/h10H,2-9H2,1H3,(H2,12,13). The van der Waals surface area contributed by atoms with Gasteiger partial charge in [0.15, 0.2) is 5.96 Å². The van der Waals surface area contributed by atoms with Gasteiger partial charge >= 0.3 is 0 Å². The minimum Gasteiger partial charge on any atom is -0.370 e. The third-order valence-electron chi connectivity index (χ3n) is 3.45. The summed E-state index contributed by atoms with van der Waals surface area (Å²) in [7, 11) is 0. The van der Waals surface area contributed by atoms with Gasteiger partial charge in [-0.15, -0.1) is 0 Å². The van der Waals surface area contributed by atoms with Gasteiger partial charge in [-0.1, -0.05) is 0 Å². The lowest BCUT2D eigenvalue weighted by Crippen LogP contribution is -2.43. The second-order valence-electron chi connectivity index (χ2n) is 4.46. The van der Waals surface area contributed by atoms with Crippen LogP contribution in [0.15, 0.2) is 4.99 Å². The van der Waals surface area contributed by atoms with Gasteiger partial charge in [0, 0.05) is 32.2 Å². The minimum atomic E-state index is 0.720. The van der Waals surface area contributed by atoms with E-state index in [9.17, 15) is 0 Å². The van der Waals surface area contributed by atoms with E-state index < -0.39 is 0 Å². The van der Waals surface area contributed by atoms with Gasteiger partial charge in [0.05, 0.1) is 0 Å². The van der Waals surface area contributed by atoms with Crippen molar-refractivity contribution in [3.05, 3.63) is 0 Å². The van der Waals surface area contributed by atoms with Crippen LogP contribution in [-0.4, -0.2) is 54.5 Å². The second-order valence-corrected chi connectivity index (χ2v) is 4.46. The Balaban J connectivity index is 1.99. The Morgan fingerprint density at radius 3 is 2.93 bits per heavy atom. The fraction of sp³-hybridized carbons (Fsp3) is 0.909. The van der Waals surface area contributed by atoms with Crippen LogP contribution in [0, 0.1) is 0 Å². The Bertz CT molecular complexity index is 239. The van der Waals surface area contributed by atoms with Crippen LogP contribution >= 0.6 is 0 Å². The van der Waals surface area contributed by atoms with E-state index >= 15 is 0 Å². The van der Waals surface area contributed by atoms with Crippen molar-refractivity contribution in [3.63, 3.8) is 0 Å². The second kappa shape index (κ2) is 4.84. The number of fused-ring (bicyclic) bond motifs is 1. The number of aliphatic imine (C=N–C) groups is 1. The summed E-state index contributed by atoms with van der Waals surface area (Å²) >= 11 is 0. The summed E-state index contributed by atoms with van der Waals surface area (Å²) in [6, 6.07) is 0.720. The Kier molecular flexibility index (Phi) is 3.46. The van der Waals surface area contributed by atoms with Crippen molar-refractivity contribution < 1.29 is 0 Å². The maximum atomic E-state index is 5.97. The van der Waals surface area contributed by atoms with Gasteiger partial charge in [-0.05, 0) is 32.7 Å². The topological polar surface area (TPSA) is 44.9 Å². The van der Waals surface area contributed by atoms with Crippen molar-refractivity contribution in [1.82, 2.24) is 9.80 Å². The third-order valence-corrected chi connectivity index (χ3v) is 3.45. The Hall–Kier alpha value is -0.770. The summed E-state index contributed by atoms with van der Waals surface area (Å²) in [6.07, 6.45) is 3.90. The molecule has 15 heavy (non-hydrogen) atoms. The molecule has 2 fully saturated rings. The smallest absolute Gasteiger partial charge is 0.191 e. The zero-order valence-corrected chi connectivity index (χ0v) is 9.65. The lowest BCUT2D eigenvalue weighted by molar-refractivity contribution is 0.255. The lowest BCUT2D eigenvalue weighted by atomic mass is 10.2. The SMILES string of the molecule is CCN=C(N)N1CCCN2CCCC2C1. The molecule has 0 aliphatic carbocycles. The number of hydrogen-bond donors (Lipinski definition) is 1. The van der Waals surface area contributed by atoms with Gasteiger partial charge in [0.25, 0.3) is 0 Å². The van der Waals surface area contributed by atoms with E-state index in [0.717, 1.165) is 31.6 Å². The molecule has 0 bridgehead atoms. The van der Waals surface area contributed by atoms with E-state index in [2.05, 4.69) is 14.8 Å². The molecule has 2 rings (SSSR count). The molecule has 86 valence electrons. The number of guanidine groups is 1. The number of nitrogens with zero attached hydrogens (tertiary/aromatic N) is 3. The van der Waals surface area contributed by atoms with E-state index in [1.54, 1.807) is 0 Å². The zero-order valence-electron chi connectivity index (χ0n) is 9.65. The van der Waals surface area contributed by atoms with Gasteiger partial charge in [-0.2, -0.15) is 0 Å². The lowest BCUT2D eigenvalue weighted by Gasteiger charge is -2.26. The van der Waals surface area contributed by atoms with E-state index in [4.69, 9.17) is 5.73 Å². The van der Waals surface area contributed by atoms with Crippen molar-refractivity contribution in [3.8, 4) is 0 Å². The summed E-state index contributed by atoms with van der Waals surface area (Å²) < 4.78 is 0. The molecule has 2 heterocycles. The molecule has 2 aliphatic rings. The minimum absolute atomic E-state index is 0.720. The zero-order chi connectivity index (χ0) is 10.7. The average molecular weight is 210 g/mol. The Labute approximate surface area is 92.1 Å². The van der Waals surface area contributed by atoms with E-state index in [1.807, 2.05) is 6.92 Å². The maximum absolute atomic E-state index is 5.97. The molecule has 4 nitrogen and oxygen atoms in total. The number of hydrogen-bond acceptors (Lipinski definition) is 2. The van der Waals surface area contributed by atoms with Crippen molar-refractivity contribution in [2.45, 2.75) is 32.2 Å². The van der Waals surface area contributed by atoms with Crippen molar-refractivity contribution in [2.24, 2.45) is 10.7 Å². The van der Waals surface area contributed by atoms with Crippen molar-refractivity contribution in [2.75, 3.05) is 32.7 Å². The summed E-state index contributed by atoms with van der Waals surface area (Å²) in [6.45, 7) is 7.49. The monoisotopic (exact) mass is 210 g/mol. The highest BCUT2D eigenvalue weighted by Crippen LogP contribution is 2.20. The molecule has 4 heteroatoms. The fourth-order valence-electron chi connectivity index (χ4n) is 2.68. The van der Waals surface area contributed by atoms with Crippen molar-refractivity contribution >= 4 is 5.96 Å². The number of rotatable bonds is 1. The molecular formula is C11H22N4. The van der Waals surface area contributed by atoms with Crippen LogP contribution in [0.5, 0.6) is 0 Å². The normalized spacial score (nSPS) is 29.0. The molecule has 1 atom stereocenters. The van der Waals surface area contributed by atoms with Crippen molar-refractivity contribution in [1.29, 1.82) is 0 Å². The quantitative estimate of drug-likeness (QED) is 0.506. The van der Waals surface area contributed by atoms with Gasteiger partial charge < -0.3 is 10.6 Å². The first-order chi connectivity index (χ1) is 7.31. The van der Waals surface area contributed by atoms with Crippen LogP contribution in [0.3, 0.4) is 0 Å². The van der Waals surface area contributed by atoms with E-state index in [0.29, 0.717) is 0 Å². The van der Waals surface area contributed by atoms with Crippen LogP contribution in [0.25, 0.3) is 0 Å². The molecule has 0 spiro atoms. The predicted molar refractivity (Wildman–Crippen MR) is 62.9 cm³/mol. The highest BCUT2D eigenvalue weighted by atomic mass is 15.3.